The Morgan fingerprint density at radius 2 is 1.67 bits per heavy atom. The van der Waals surface area contributed by atoms with Gasteiger partial charge in [0.25, 0.3) is 0 Å². The normalized spacial score (nSPS) is 9.95. The second-order valence-electron chi connectivity index (χ2n) is 4.34. The number of ether oxygens (including phenoxy) is 2. The van der Waals surface area contributed by atoms with Crippen LogP contribution < -0.4 is 15.8 Å². The largest absolute Gasteiger partial charge is 0.457 e. The van der Waals surface area contributed by atoms with E-state index in [4.69, 9.17) is 15.2 Å². The first-order chi connectivity index (χ1) is 10.3. The van der Waals surface area contributed by atoms with Crippen molar-refractivity contribution in [1.29, 1.82) is 0 Å². The average Bonchev–Trinajstić information content (AvgIpc) is 2.53. The maximum Gasteiger partial charge on any atom is 0.407 e. The van der Waals surface area contributed by atoms with Crippen molar-refractivity contribution >= 4 is 6.09 Å². The Balaban J connectivity index is 1.83. The summed E-state index contributed by atoms with van der Waals surface area (Å²) >= 11 is 0. The lowest BCUT2D eigenvalue weighted by Gasteiger charge is -2.08. The van der Waals surface area contributed by atoms with Gasteiger partial charge in [0.15, 0.2) is 0 Å². The van der Waals surface area contributed by atoms with E-state index in [-0.39, 0.29) is 6.61 Å². The maximum atomic E-state index is 11.3. The molecule has 0 atom stereocenters. The topological polar surface area (TPSA) is 73.6 Å². The van der Waals surface area contributed by atoms with Crippen LogP contribution in [0.15, 0.2) is 54.6 Å². The SMILES string of the molecule is NCCOC(=O)NCc1ccc(Oc2ccccc2)cc1. The second kappa shape index (κ2) is 7.91. The van der Waals surface area contributed by atoms with Gasteiger partial charge in [-0.05, 0) is 29.8 Å². The minimum Gasteiger partial charge on any atom is -0.457 e. The van der Waals surface area contributed by atoms with Gasteiger partial charge < -0.3 is 20.5 Å². The zero-order valence-electron chi connectivity index (χ0n) is 11.6. The number of para-hydroxylation sites is 1. The van der Waals surface area contributed by atoms with E-state index in [0.717, 1.165) is 17.1 Å². The molecule has 0 aromatic heterocycles. The summed E-state index contributed by atoms with van der Waals surface area (Å²) in [4.78, 5) is 11.3. The Hall–Kier alpha value is -2.53. The molecular weight excluding hydrogens is 268 g/mol. The molecular formula is C16H18N2O3. The van der Waals surface area contributed by atoms with E-state index in [9.17, 15) is 4.79 Å². The molecule has 2 aromatic carbocycles. The Morgan fingerprint density at radius 1 is 1.00 bits per heavy atom. The summed E-state index contributed by atoms with van der Waals surface area (Å²) in [6.07, 6.45) is -0.468. The summed E-state index contributed by atoms with van der Waals surface area (Å²) in [7, 11) is 0. The quantitative estimate of drug-likeness (QED) is 0.856. The first kappa shape index (κ1) is 14.9. The Labute approximate surface area is 123 Å². The van der Waals surface area contributed by atoms with Crippen molar-refractivity contribution in [2.45, 2.75) is 6.54 Å². The van der Waals surface area contributed by atoms with Crippen LogP contribution in [0.5, 0.6) is 11.5 Å². The maximum absolute atomic E-state index is 11.3. The number of benzene rings is 2. The van der Waals surface area contributed by atoms with Crippen LogP contribution in [0.1, 0.15) is 5.56 Å². The highest BCUT2D eigenvalue weighted by molar-refractivity contribution is 5.67. The number of nitrogens with one attached hydrogen (secondary N) is 1. The summed E-state index contributed by atoms with van der Waals surface area (Å²) in [5.74, 6) is 1.53. The molecule has 0 unspecified atom stereocenters. The highest BCUT2D eigenvalue weighted by Gasteiger charge is 2.02. The van der Waals surface area contributed by atoms with E-state index in [2.05, 4.69) is 5.32 Å². The van der Waals surface area contributed by atoms with Crippen LogP contribution in [0.25, 0.3) is 0 Å². The first-order valence-electron chi connectivity index (χ1n) is 6.70. The molecule has 2 aromatic rings. The van der Waals surface area contributed by atoms with Gasteiger partial charge in [0, 0.05) is 13.1 Å². The molecule has 0 bridgehead atoms. The summed E-state index contributed by atoms with van der Waals surface area (Å²) in [5, 5.41) is 2.65. The number of nitrogens with two attached hydrogens (primary N) is 1. The minimum atomic E-state index is -0.468. The van der Waals surface area contributed by atoms with E-state index in [1.807, 2.05) is 54.6 Å². The van der Waals surface area contributed by atoms with Crippen LogP contribution in [0.3, 0.4) is 0 Å². The van der Waals surface area contributed by atoms with Crippen LogP contribution in [0.4, 0.5) is 4.79 Å². The van der Waals surface area contributed by atoms with E-state index in [1.54, 1.807) is 0 Å². The van der Waals surface area contributed by atoms with Gasteiger partial charge in [-0.25, -0.2) is 4.79 Å². The molecule has 0 radical (unpaired) electrons. The number of amides is 1. The monoisotopic (exact) mass is 286 g/mol. The van der Waals surface area contributed by atoms with Crippen molar-refractivity contribution in [3.8, 4) is 11.5 Å². The number of carbonyl (C=O) groups excluding carboxylic acids is 1. The molecule has 0 saturated heterocycles. The summed E-state index contributed by atoms with van der Waals surface area (Å²) in [6, 6.07) is 17.0. The van der Waals surface area contributed by atoms with E-state index in [1.165, 1.54) is 0 Å². The van der Waals surface area contributed by atoms with Crippen molar-refractivity contribution in [3.05, 3.63) is 60.2 Å². The van der Waals surface area contributed by atoms with Crippen LogP contribution >= 0.6 is 0 Å². The fourth-order valence-corrected chi connectivity index (χ4v) is 1.68. The van der Waals surface area contributed by atoms with E-state index >= 15 is 0 Å². The molecule has 0 aliphatic carbocycles. The van der Waals surface area contributed by atoms with Gasteiger partial charge in [0.1, 0.15) is 18.1 Å². The summed E-state index contributed by atoms with van der Waals surface area (Å²) in [5.41, 5.74) is 6.20. The molecule has 0 heterocycles. The van der Waals surface area contributed by atoms with Gasteiger partial charge in [-0.1, -0.05) is 30.3 Å². The van der Waals surface area contributed by atoms with E-state index in [0.29, 0.717) is 13.1 Å². The summed E-state index contributed by atoms with van der Waals surface area (Å²) in [6.45, 7) is 0.934. The standard InChI is InChI=1S/C16H18N2O3/c17-10-11-20-16(19)18-12-13-6-8-15(9-7-13)21-14-4-2-1-3-5-14/h1-9H,10-12,17H2,(H,18,19). The molecule has 5 nitrogen and oxygen atoms in total. The number of hydrogen-bond donors (Lipinski definition) is 2. The molecule has 2 rings (SSSR count). The van der Waals surface area contributed by atoms with E-state index < -0.39 is 6.09 Å². The molecule has 0 aliphatic rings. The van der Waals surface area contributed by atoms with Gasteiger partial charge in [-0.2, -0.15) is 0 Å². The van der Waals surface area contributed by atoms with Crippen LogP contribution in [-0.4, -0.2) is 19.2 Å². The van der Waals surface area contributed by atoms with Crippen molar-refractivity contribution in [3.63, 3.8) is 0 Å². The Bertz CT molecular complexity index is 555. The average molecular weight is 286 g/mol. The smallest absolute Gasteiger partial charge is 0.407 e. The van der Waals surface area contributed by atoms with Crippen molar-refractivity contribution < 1.29 is 14.3 Å². The summed E-state index contributed by atoms with van der Waals surface area (Å²) < 4.78 is 10.5. The van der Waals surface area contributed by atoms with Gasteiger partial charge >= 0.3 is 6.09 Å². The van der Waals surface area contributed by atoms with Crippen LogP contribution in [0.2, 0.25) is 0 Å². The zero-order valence-corrected chi connectivity index (χ0v) is 11.6. The number of alkyl carbamates (subject to hydrolysis) is 1. The number of carbonyl (C=O) groups is 1. The molecule has 110 valence electrons. The third-order valence-corrected chi connectivity index (χ3v) is 2.69. The van der Waals surface area contributed by atoms with Crippen molar-refractivity contribution in [2.24, 2.45) is 5.73 Å². The first-order valence-corrected chi connectivity index (χ1v) is 6.70. The lowest BCUT2D eigenvalue weighted by molar-refractivity contribution is 0.149. The minimum absolute atomic E-state index is 0.218. The molecule has 0 fully saturated rings. The molecule has 0 saturated carbocycles. The van der Waals surface area contributed by atoms with Gasteiger partial charge in [-0.3, -0.25) is 0 Å². The molecule has 3 N–H and O–H groups in total. The lowest BCUT2D eigenvalue weighted by atomic mass is 10.2. The second-order valence-corrected chi connectivity index (χ2v) is 4.34. The van der Waals surface area contributed by atoms with Crippen LogP contribution in [-0.2, 0) is 11.3 Å². The fourth-order valence-electron chi connectivity index (χ4n) is 1.68. The van der Waals surface area contributed by atoms with Crippen molar-refractivity contribution in [1.82, 2.24) is 5.32 Å². The third-order valence-electron chi connectivity index (χ3n) is 2.69. The van der Waals surface area contributed by atoms with Gasteiger partial charge in [-0.15, -0.1) is 0 Å². The number of rotatable bonds is 6. The lowest BCUT2D eigenvalue weighted by Crippen LogP contribution is -2.25. The molecule has 21 heavy (non-hydrogen) atoms. The molecule has 5 heteroatoms. The highest BCUT2D eigenvalue weighted by atomic mass is 16.5. The van der Waals surface area contributed by atoms with Gasteiger partial charge in [0.05, 0.1) is 0 Å². The molecule has 0 spiro atoms. The van der Waals surface area contributed by atoms with Crippen LogP contribution in [0, 0.1) is 0 Å². The van der Waals surface area contributed by atoms with Gasteiger partial charge in [0.2, 0.25) is 0 Å². The highest BCUT2D eigenvalue weighted by Crippen LogP contribution is 2.20. The fraction of sp³-hybridized carbons (Fsp3) is 0.188. The van der Waals surface area contributed by atoms with Crippen molar-refractivity contribution in [2.75, 3.05) is 13.2 Å². The molecule has 0 aliphatic heterocycles. The predicted molar refractivity (Wildman–Crippen MR) is 80.2 cm³/mol. The number of hydrogen-bond acceptors (Lipinski definition) is 4. The Morgan fingerprint density at radius 3 is 2.33 bits per heavy atom. The third kappa shape index (κ3) is 5.16. The zero-order chi connectivity index (χ0) is 14.9. The molecule has 1 amide bonds. The predicted octanol–water partition coefficient (Wildman–Crippen LogP) is 2.66. The Kier molecular flexibility index (Phi) is 5.60.